The van der Waals surface area contributed by atoms with Gasteiger partial charge in [0.1, 0.15) is 6.61 Å². The van der Waals surface area contributed by atoms with E-state index < -0.39 is 17.8 Å². The molecule has 2 rings (SSSR count). The van der Waals surface area contributed by atoms with Gasteiger partial charge in [-0.05, 0) is 24.1 Å². The van der Waals surface area contributed by atoms with Gasteiger partial charge in [0.25, 0.3) is 0 Å². The molecular formula is C14H16F3N2O2. The molecular weight excluding hydrogens is 285 g/mol. The van der Waals surface area contributed by atoms with Gasteiger partial charge in [-0.3, -0.25) is 0 Å². The second kappa shape index (κ2) is 6.80. The highest BCUT2D eigenvalue weighted by Crippen LogP contribution is 2.29. The van der Waals surface area contributed by atoms with Gasteiger partial charge in [-0.15, -0.1) is 0 Å². The molecule has 1 radical (unpaired) electrons. The average Bonchev–Trinajstić information content (AvgIpc) is 2.73. The Hall–Kier alpha value is -1.76. The van der Waals surface area contributed by atoms with Crippen molar-refractivity contribution in [3.63, 3.8) is 0 Å². The molecule has 0 spiro atoms. The molecule has 4 nitrogen and oxygen atoms in total. The lowest BCUT2D eigenvalue weighted by atomic mass is 10.1. The molecule has 1 aromatic carbocycles. The van der Waals surface area contributed by atoms with Crippen molar-refractivity contribution in [3.05, 3.63) is 35.4 Å². The predicted molar refractivity (Wildman–Crippen MR) is 69.7 cm³/mol. The highest BCUT2D eigenvalue weighted by Gasteiger charge is 2.30. The highest BCUT2D eigenvalue weighted by atomic mass is 19.4. The Balaban J connectivity index is 1.86. The first-order valence-corrected chi connectivity index (χ1v) is 6.68. The topological polar surface area (TPSA) is 43.6 Å². The monoisotopic (exact) mass is 301 g/mol. The minimum Gasteiger partial charge on any atom is -0.445 e. The SMILES string of the molecule is O=C(OCc1ccc(C(F)(F)F)cc1)N1CCC[N]CC1. The normalized spacial score (nSPS) is 16.4. The zero-order valence-electron chi connectivity index (χ0n) is 11.4. The zero-order valence-corrected chi connectivity index (χ0v) is 11.4. The third-order valence-electron chi connectivity index (χ3n) is 3.17. The van der Waals surface area contributed by atoms with Gasteiger partial charge < -0.3 is 9.64 Å². The minimum absolute atomic E-state index is 0.0371. The van der Waals surface area contributed by atoms with E-state index in [0.29, 0.717) is 25.2 Å². The van der Waals surface area contributed by atoms with Crippen LogP contribution in [-0.2, 0) is 17.5 Å². The van der Waals surface area contributed by atoms with Crippen molar-refractivity contribution in [2.75, 3.05) is 26.2 Å². The first kappa shape index (κ1) is 15.6. The van der Waals surface area contributed by atoms with Crippen molar-refractivity contribution in [2.24, 2.45) is 0 Å². The summed E-state index contributed by atoms with van der Waals surface area (Å²) in [5.41, 5.74) is -0.192. The van der Waals surface area contributed by atoms with Crippen LogP contribution in [0.15, 0.2) is 24.3 Å². The second-order valence-corrected chi connectivity index (χ2v) is 4.76. The van der Waals surface area contributed by atoms with Crippen LogP contribution in [0.1, 0.15) is 17.5 Å². The van der Waals surface area contributed by atoms with E-state index in [4.69, 9.17) is 4.74 Å². The van der Waals surface area contributed by atoms with Gasteiger partial charge >= 0.3 is 12.3 Å². The molecule has 0 unspecified atom stereocenters. The number of rotatable bonds is 2. The van der Waals surface area contributed by atoms with E-state index in [9.17, 15) is 18.0 Å². The number of hydrogen-bond acceptors (Lipinski definition) is 2. The summed E-state index contributed by atoms with van der Waals surface area (Å²) in [5.74, 6) is 0. The van der Waals surface area contributed by atoms with Crippen molar-refractivity contribution in [3.8, 4) is 0 Å². The van der Waals surface area contributed by atoms with Crippen molar-refractivity contribution in [1.82, 2.24) is 10.2 Å². The number of benzene rings is 1. The van der Waals surface area contributed by atoms with Crippen molar-refractivity contribution in [1.29, 1.82) is 0 Å². The number of ether oxygens (including phenoxy) is 1. The van der Waals surface area contributed by atoms with Gasteiger partial charge in [0.05, 0.1) is 5.56 Å². The summed E-state index contributed by atoms with van der Waals surface area (Å²) < 4.78 is 42.4. The molecule has 1 saturated heterocycles. The standard InChI is InChI=1S/C14H16F3N2O2/c15-14(16,17)12-4-2-11(3-5-12)10-21-13(20)19-8-1-6-18-7-9-19/h2-5H,1,6-10H2. The van der Waals surface area contributed by atoms with E-state index in [0.717, 1.165) is 25.1 Å². The summed E-state index contributed by atoms with van der Waals surface area (Å²) >= 11 is 0. The van der Waals surface area contributed by atoms with Gasteiger partial charge in [0, 0.05) is 26.2 Å². The maximum atomic E-state index is 12.4. The zero-order chi connectivity index (χ0) is 15.3. The van der Waals surface area contributed by atoms with Crippen LogP contribution in [0.25, 0.3) is 0 Å². The lowest BCUT2D eigenvalue weighted by molar-refractivity contribution is -0.137. The maximum absolute atomic E-state index is 12.4. The minimum atomic E-state index is -4.36. The third kappa shape index (κ3) is 4.63. The lowest BCUT2D eigenvalue weighted by Crippen LogP contribution is -2.34. The van der Waals surface area contributed by atoms with E-state index in [2.05, 4.69) is 5.32 Å². The lowest BCUT2D eigenvalue weighted by Gasteiger charge is -2.19. The molecule has 0 N–H and O–H groups in total. The summed E-state index contributed by atoms with van der Waals surface area (Å²) in [7, 11) is 0. The van der Waals surface area contributed by atoms with Crippen LogP contribution in [-0.4, -0.2) is 37.2 Å². The highest BCUT2D eigenvalue weighted by molar-refractivity contribution is 5.67. The molecule has 1 amide bonds. The fourth-order valence-corrected chi connectivity index (χ4v) is 2.00. The van der Waals surface area contributed by atoms with Gasteiger partial charge in [-0.1, -0.05) is 12.1 Å². The average molecular weight is 301 g/mol. The molecule has 0 atom stereocenters. The molecule has 1 aromatic rings. The summed E-state index contributed by atoms with van der Waals surface area (Å²) in [4.78, 5) is 13.4. The van der Waals surface area contributed by atoms with Crippen LogP contribution in [0.4, 0.5) is 18.0 Å². The number of carbonyl (C=O) groups excluding carboxylic acids is 1. The number of alkyl halides is 3. The molecule has 1 aliphatic rings. The Morgan fingerprint density at radius 2 is 1.90 bits per heavy atom. The first-order chi connectivity index (χ1) is 9.97. The Labute approximate surface area is 120 Å². The molecule has 115 valence electrons. The number of halogens is 3. The van der Waals surface area contributed by atoms with E-state index in [1.807, 2.05) is 0 Å². The van der Waals surface area contributed by atoms with Crippen LogP contribution < -0.4 is 5.32 Å². The Kier molecular flexibility index (Phi) is 5.06. The summed E-state index contributed by atoms with van der Waals surface area (Å²) in [6.45, 7) is 2.41. The molecule has 1 heterocycles. The van der Waals surface area contributed by atoms with Gasteiger partial charge in [-0.25, -0.2) is 10.1 Å². The smallest absolute Gasteiger partial charge is 0.416 e. The van der Waals surface area contributed by atoms with Crippen molar-refractivity contribution < 1.29 is 22.7 Å². The second-order valence-electron chi connectivity index (χ2n) is 4.76. The van der Waals surface area contributed by atoms with Crippen LogP contribution in [0, 0.1) is 0 Å². The number of carbonyl (C=O) groups is 1. The largest absolute Gasteiger partial charge is 0.445 e. The fourth-order valence-electron chi connectivity index (χ4n) is 2.00. The maximum Gasteiger partial charge on any atom is 0.416 e. The van der Waals surface area contributed by atoms with E-state index in [1.54, 1.807) is 4.90 Å². The molecule has 0 saturated carbocycles. The number of nitrogens with zero attached hydrogens (tertiary/aromatic N) is 2. The van der Waals surface area contributed by atoms with E-state index in [1.165, 1.54) is 12.1 Å². The van der Waals surface area contributed by atoms with Crippen molar-refractivity contribution in [2.45, 2.75) is 19.2 Å². The van der Waals surface area contributed by atoms with Gasteiger partial charge in [0.2, 0.25) is 0 Å². The summed E-state index contributed by atoms with van der Waals surface area (Å²) in [6, 6.07) is 4.59. The van der Waals surface area contributed by atoms with E-state index in [-0.39, 0.29) is 6.61 Å². The Bertz CT molecular complexity index is 466. The van der Waals surface area contributed by atoms with E-state index >= 15 is 0 Å². The number of hydrogen-bond donors (Lipinski definition) is 0. The Morgan fingerprint density at radius 1 is 1.19 bits per heavy atom. The first-order valence-electron chi connectivity index (χ1n) is 6.68. The summed E-state index contributed by atoms with van der Waals surface area (Å²) in [6.07, 6.45) is -4.01. The fraction of sp³-hybridized carbons (Fsp3) is 0.500. The van der Waals surface area contributed by atoms with Crippen molar-refractivity contribution >= 4 is 6.09 Å². The van der Waals surface area contributed by atoms with Crippen LogP contribution in [0.2, 0.25) is 0 Å². The molecule has 1 fully saturated rings. The van der Waals surface area contributed by atoms with Crippen LogP contribution >= 0.6 is 0 Å². The quantitative estimate of drug-likeness (QED) is 0.843. The molecule has 0 aliphatic carbocycles. The predicted octanol–water partition coefficient (Wildman–Crippen LogP) is 2.65. The summed E-state index contributed by atoms with van der Waals surface area (Å²) in [5, 5.41) is 4.20. The molecule has 0 bridgehead atoms. The Morgan fingerprint density at radius 3 is 2.57 bits per heavy atom. The van der Waals surface area contributed by atoms with Gasteiger partial charge in [-0.2, -0.15) is 13.2 Å². The molecule has 1 aliphatic heterocycles. The van der Waals surface area contributed by atoms with Crippen LogP contribution in [0.5, 0.6) is 0 Å². The molecule has 21 heavy (non-hydrogen) atoms. The number of amides is 1. The third-order valence-corrected chi connectivity index (χ3v) is 3.17. The molecule has 0 aromatic heterocycles. The van der Waals surface area contributed by atoms with Crippen LogP contribution in [0.3, 0.4) is 0 Å². The van der Waals surface area contributed by atoms with Gasteiger partial charge in [0.15, 0.2) is 0 Å². The molecule has 7 heteroatoms.